The van der Waals surface area contributed by atoms with E-state index in [1.165, 1.54) is 28.3 Å². The minimum Gasteiger partial charge on any atom is -0.456 e. The predicted molar refractivity (Wildman–Crippen MR) is 155 cm³/mol. The van der Waals surface area contributed by atoms with Crippen LogP contribution in [0.3, 0.4) is 0 Å². The van der Waals surface area contributed by atoms with Gasteiger partial charge in [-0.25, -0.2) is 9.59 Å². The molecule has 5 rings (SSSR count). The van der Waals surface area contributed by atoms with E-state index < -0.39 is 18.7 Å². The summed E-state index contributed by atoms with van der Waals surface area (Å²) in [5, 5.41) is 19.8. The standard InChI is InChI=1S/C31H35BN2O6/c1-20-26(29(35)40-31(2,3)4)17-21(32(37)38)18-28(20)33-13-15-34(16-14-33)30(36)39-19-27-24-11-7-5-9-22(24)23-10-6-8-12-25(23)27/h5-12,17-18,27,37-38H,13-16,19H2,1-4H3. The van der Waals surface area contributed by atoms with Gasteiger partial charge in [-0.3, -0.25) is 0 Å². The van der Waals surface area contributed by atoms with Crippen LogP contribution in [0.5, 0.6) is 0 Å². The molecule has 0 spiro atoms. The lowest BCUT2D eigenvalue weighted by atomic mass is 9.78. The average molecular weight is 542 g/mol. The predicted octanol–water partition coefficient (Wildman–Crippen LogP) is 3.70. The average Bonchev–Trinajstić information content (AvgIpc) is 3.24. The number of benzene rings is 3. The van der Waals surface area contributed by atoms with Crippen molar-refractivity contribution in [2.75, 3.05) is 37.7 Å². The maximum Gasteiger partial charge on any atom is 0.488 e. The molecule has 0 unspecified atom stereocenters. The van der Waals surface area contributed by atoms with Gasteiger partial charge in [0.15, 0.2) is 0 Å². The Morgan fingerprint density at radius 2 is 1.50 bits per heavy atom. The van der Waals surface area contributed by atoms with Gasteiger partial charge in [0.25, 0.3) is 0 Å². The Morgan fingerprint density at radius 1 is 0.925 bits per heavy atom. The third-order valence-corrected chi connectivity index (χ3v) is 7.53. The molecule has 0 atom stereocenters. The highest BCUT2D eigenvalue weighted by Gasteiger charge is 2.31. The van der Waals surface area contributed by atoms with Gasteiger partial charge in [0.2, 0.25) is 0 Å². The van der Waals surface area contributed by atoms with Gasteiger partial charge in [-0.05, 0) is 73.1 Å². The van der Waals surface area contributed by atoms with Gasteiger partial charge in [-0.15, -0.1) is 0 Å². The van der Waals surface area contributed by atoms with Gasteiger partial charge in [0.1, 0.15) is 12.2 Å². The van der Waals surface area contributed by atoms with E-state index in [1.54, 1.807) is 31.7 Å². The summed E-state index contributed by atoms with van der Waals surface area (Å²) in [6.07, 6.45) is -0.354. The van der Waals surface area contributed by atoms with Crippen molar-refractivity contribution in [3.05, 3.63) is 82.9 Å². The van der Waals surface area contributed by atoms with Crippen molar-refractivity contribution in [1.82, 2.24) is 4.90 Å². The number of esters is 1. The second-order valence-electron chi connectivity index (χ2n) is 11.4. The maximum absolute atomic E-state index is 13.1. The Labute approximate surface area is 235 Å². The summed E-state index contributed by atoms with van der Waals surface area (Å²) in [7, 11) is -1.73. The van der Waals surface area contributed by atoms with Crippen LogP contribution in [-0.2, 0) is 9.47 Å². The topological polar surface area (TPSA) is 99.5 Å². The molecular formula is C31H35BN2O6. The summed E-state index contributed by atoms with van der Waals surface area (Å²) >= 11 is 0. The van der Waals surface area contributed by atoms with Crippen LogP contribution in [0.1, 0.15) is 53.7 Å². The first-order chi connectivity index (χ1) is 19.0. The Morgan fingerprint density at radius 3 is 2.05 bits per heavy atom. The number of carbonyl (C=O) groups is 2. The van der Waals surface area contributed by atoms with Crippen LogP contribution in [0.15, 0.2) is 60.7 Å². The molecule has 0 saturated carbocycles. The molecule has 1 heterocycles. The Kier molecular flexibility index (Phi) is 7.62. The van der Waals surface area contributed by atoms with E-state index in [9.17, 15) is 19.6 Å². The van der Waals surface area contributed by atoms with E-state index in [0.29, 0.717) is 37.4 Å². The summed E-state index contributed by atoms with van der Waals surface area (Å²) in [4.78, 5) is 29.7. The fourth-order valence-electron chi connectivity index (χ4n) is 5.56. The Balaban J connectivity index is 1.26. The fraction of sp³-hybridized carbons (Fsp3) is 0.355. The van der Waals surface area contributed by atoms with Crippen molar-refractivity contribution in [1.29, 1.82) is 0 Å². The number of ether oxygens (including phenoxy) is 2. The summed E-state index contributed by atoms with van der Waals surface area (Å²) < 4.78 is 11.4. The molecule has 208 valence electrons. The number of piperazine rings is 1. The van der Waals surface area contributed by atoms with Crippen LogP contribution in [0.2, 0.25) is 0 Å². The monoisotopic (exact) mass is 542 g/mol. The summed E-state index contributed by atoms with van der Waals surface area (Å²) in [5.41, 5.74) is 5.91. The Bertz CT molecular complexity index is 1380. The molecule has 9 heteroatoms. The third kappa shape index (κ3) is 5.57. The lowest BCUT2D eigenvalue weighted by molar-refractivity contribution is 0.00688. The van der Waals surface area contributed by atoms with E-state index in [-0.39, 0.29) is 29.6 Å². The highest BCUT2D eigenvalue weighted by Crippen LogP contribution is 2.44. The van der Waals surface area contributed by atoms with Gasteiger partial charge in [0, 0.05) is 37.8 Å². The zero-order valence-electron chi connectivity index (χ0n) is 23.4. The summed E-state index contributed by atoms with van der Waals surface area (Å²) in [6, 6.07) is 19.6. The van der Waals surface area contributed by atoms with Crippen LogP contribution >= 0.6 is 0 Å². The SMILES string of the molecule is Cc1c(C(=O)OC(C)(C)C)cc(B(O)O)cc1N1CCN(C(=O)OCC2c3ccccc3-c3ccccc32)CC1. The Hall–Kier alpha value is -3.82. The van der Waals surface area contributed by atoms with Crippen molar-refractivity contribution in [2.24, 2.45) is 0 Å². The maximum atomic E-state index is 13.1. The van der Waals surface area contributed by atoms with Gasteiger partial charge < -0.3 is 29.3 Å². The molecule has 40 heavy (non-hydrogen) atoms. The molecule has 1 aliphatic carbocycles. The number of fused-ring (bicyclic) bond motifs is 3. The van der Waals surface area contributed by atoms with E-state index in [0.717, 1.165) is 0 Å². The number of hydrogen-bond acceptors (Lipinski definition) is 7. The molecule has 2 N–H and O–H groups in total. The molecular weight excluding hydrogens is 507 g/mol. The second-order valence-corrected chi connectivity index (χ2v) is 11.4. The number of carbonyl (C=O) groups excluding carboxylic acids is 2. The minimum absolute atomic E-state index is 0.000729. The molecule has 1 aliphatic heterocycles. The van der Waals surface area contributed by atoms with Crippen molar-refractivity contribution < 1.29 is 29.1 Å². The molecule has 2 aliphatic rings. The molecule has 1 fully saturated rings. The first kappa shape index (κ1) is 27.7. The number of rotatable bonds is 5. The molecule has 1 amide bonds. The molecule has 3 aromatic carbocycles. The third-order valence-electron chi connectivity index (χ3n) is 7.53. The van der Waals surface area contributed by atoms with Crippen LogP contribution < -0.4 is 10.4 Å². The van der Waals surface area contributed by atoms with Gasteiger partial charge >= 0.3 is 19.2 Å². The quantitative estimate of drug-likeness (QED) is 0.375. The molecule has 3 aromatic rings. The molecule has 0 aromatic heterocycles. The minimum atomic E-state index is -1.73. The molecule has 8 nitrogen and oxygen atoms in total. The van der Waals surface area contributed by atoms with Gasteiger partial charge in [-0.1, -0.05) is 48.5 Å². The lowest BCUT2D eigenvalue weighted by Gasteiger charge is -2.37. The zero-order chi connectivity index (χ0) is 28.6. The van der Waals surface area contributed by atoms with Crippen molar-refractivity contribution in [3.8, 4) is 11.1 Å². The van der Waals surface area contributed by atoms with E-state index in [2.05, 4.69) is 24.3 Å². The number of amides is 1. The number of hydrogen-bond donors (Lipinski definition) is 2. The van der Waals surface area contributed by atoms with Crippen molar-refractivity contribution >= 4 is 30.3 Å². The van der Waals surface area contributed by atoms with E-state index >= 15 is 0 Å². The highest BCUT2D eigenvalue weighted by atomic mass is 16.6. The molecule has 1 saturated heterocycles. The van der Waals surface area contributed by atoms with Crippen molar-refractivity contribution in [2.45, 2.75) is 39.2 Å². The van der Waals surface area contributed by atoms with Gasteiger partial charge in [-0.2, -0.15) is 0 Å². The highest BCUT2D eigenvalue weighted by molar-refractivity contribution is 6.58. The normalized spacial score (nSPS) is 14.9. The van der Waals surface area contributed by atoms with Crippen LogP contribution in [0.4, 0.5) is 10.5 Å². The molecule has 0 bridgehead atoms. The first-order valence-corrected chi connectivity index (χ1v) is 13.6. The van der Waals surface area contributed by atoms with Crippen LogP contribution in [0.25, 0.3) is 11.1 Å². The van der Waals surface area contributed by atoms with Crippen LogP contribution in [-0.4, -0.2) is 72.5 Å². The van der Waals surface area contributed by atoms with Crippen LogP contribution in [0, 0.1) is 6.92 Å². The summed E-state index contributed by atoms with van der Waals surface area (Å²) in [5.74, 6) is -0.523. The fourth-order valence-corrected chi connectivity index (χ4v) is 5.56. The number of nitrogens with zero attached hydrogens (tertiary/aromatic N) is 2. The smallest absolute Gasteiger partial charge is 0.456 e. The largest absolute Gasteiger partial charge is 0.488 e. The van der Waals surface area contributed by atoms with Gasteiger partial charge in [0.05, 0.1) is 5.56 Å². The van der Waals surface area contributed by atoms with Crippen molar-refractivity contribution in [3.63, 3.8) is 0 Å². The zero-order valence-corrected chi connectivity index (χ0v) is 23.4. The van der Waals surface area contributed by atoms with E-state index in [1.807, 2.05) is 36.1 Å². The second kappa shape index (κ2) is 11.0. The number of anilines is 1. The first-order valence-electron chi connectivity index (χ1n) is 13.6. The summed E-state index contributed by atoms with van der Waals surface area (Å²) in [6.45, 7) is 9.32. The lowest BCUT2D eigenvalue weighted by Crippen LogP contribution is -2.49. The molecule has 0 radical (unpaired) electrons. The van der Waals surface area contributed by atoms with E-state index in [4.69, 9.17) is 9.47 Å².